The van der Waals surface area contributed by atoms with Crippen LogP contribution in [0.5, 0.6) is 11.5 Å². The lowest BCUT2D eigenvalue weighted by molar-refractivity contribution is -0.146. The maximum atomic E-state index is 12.3. The van der Waals surface area contributed by atoms with Crippen molar-refractivity contribution in [1.82, 2.24) is 4.90 Å². The van der Waals surface area contributed by atoms with Crippen LogP contribution in [0.4, 0.5) is 0 Å². The van der Waals surface area contributed by atoms with Crippen molar-refractivity contribution < 1.29 is 23.8 Å². The molecule has 0 spiro atoms. The molecule has 1 amide bonds. The van der Waals surface area contributed by atoms with Crippen molar-refractivity contribution >= 4 is 18.0 Å². The van der Waals surface area contributed by atoms with Gasteiger partial charge in [0.25, 0.3) is 0 Å². The average Bonchev–Trinajstić information content (AvgIpc) is 2.62. The van der Waals surface area contributed by atoms with E-state index in [1.54, 1.807) is 44.3 Å². The predicted molar refractivity (Wildman–Crippen MR) is 92.0 cm³/mol. The van der Waals surface area contributed by atoms with Crippen LogP contribution in [-0.2, 0) is 14.3 Å². The number of amides is 1. The van der Waals surface area contributed by atoms with Gasteiger partial charge in [-0.25, -0.2) is 0 Å². The number of hydrogen-bond donors (Lipinski definition) is 0. The quantitative estimate of drug-likeness (QED) is 0.539. The number of nitrogens with zero attached hydrogens (tertiary/aromatic N) is 1. The lowest BCUT2D eigenvalue weighted by atomic mass is 10.1. The summed E-state index contributed by atoms with van der Waals surface area (Å²) in [5.41, 5.74) is 0.767. The third kappa shape index (κ3) is 5.30. The second-order valence-corrected chi connectivity index (χ2v) is 5.24. The average molecular weight is 335 g/mol. The Labute approximate surface area is 143 Å². The van der Waals surface area contributed by atoms with Gasteiger partial charge in [-0.1, -0.05) is 6.92 Å². The van der Waals surface area contributed by atoms with Gasteiger partial charge in [0.05, 0.1) is 27.2 Å². The first kappa shape index (κ1) is 19.5. The van der Waals surface area contributed by atoms with E-state index in [0.717, 1.165) is 5.56 Å². The van der Waals surface area contributed by atoms with E-state index in [-0.39, 0.29) is 17.8 Å². The number of likely N-dealkylation sites (N-methyl/N-ethyl adjacent to an activating group) is 1. The van der Waals surface area contributed by atoms with Gasteiger partial charge in [0, 0.05) is 30.8 Å². The molecule has 0 bridgehead atoms. The normalized spacial score (nSPS) is 11.9. The largest absolute Gasteiger partial charge is 0.497 e. The van der Waals surface area contributed by atoms with Crippen molar-refractivity contribution in [2.45, 2.75) is 13.8 Å². The molecule has 0 fully saturated rings. The van der Waals surface area contributed by atoms with Crippen molar-refractivity contribution in [3.63, 3.8) is 0 Å². The standard InChI is InChI=1S/C18H25NO5/c1-6-19(12-13(2)18(21)24-5)17(20)10-8-14-7-9-15(22-3)11-16(14)23-4/h7-11,13H,6,12H2,1-5H3/b10-8+/t13-/m1/s1. The fraction of sp³-hybridized carbons (Fsp3) is 0.444. The van der Waals surface area contributed by atoms with Crippen LogP contribution in [0, 0.1) is 5.92 Å². The highest BCUT2D eigenvalue weighted by Gasteiger charge is 2.19. The summed E-state index contributed by atoms with van der Waals surface area (Å²) in [7, 11) is 4.48. The highest BCUT2D eigenvalue weighted by molar-refractivity contribution is 5.92. The number of methoxy groups -OCH3 is 3. The van der Waals surface area contributed by atoms with E-state index < -0.39 is 0 Å². The molecule has 0 heterocycles. The maximum Gasteiger partial charge on any atom is 0.310 e. The van der Waals surface area contributed by atoms with E-state index in [0.29, 0.717) is 24.6 Å². The van der Waals surface area contributed by atoms with Crippen LogP contribution in [0.1, 0.15) is 19.4 Å². The summed E-state index contributed by atoms with van der Waals surface area (Å²) in [6.07, 6.45) is 3.16. The molecule has 1 aromatic carbocycles. The predicted octanol–water partition coefficient (Wildman–Crippen LogP) is 2.37. The van der Waals surface area contributed by atoms with Crippen LogP contribution in [0.3, 0.4) is 0 Å². The number of ether oxygens (including phenoxy) is 3. The first-order valence-corrected chi connectivity index (χ1v) is 7.73. The fourth-order valence-electron chi connectivity index (χ4n) is 2.20. The summed E-state index contributed by atoms with van der Waals surface area (Å²) in [5, 5.41) is 0. The minimum absolute atomic E-state index is 0.175. The molecule has 1 rings (SSSR count). The Balaban J connectivity index is 2.84. The minimum Gasteiger partial charge on any atom is -0.497 e. The molecule has 1 atom stereocenters. The van der Waals surface area contributed by atoms with Crippen molar-refractivity contribution in [2.24, 2.45) is 5.92 Å². The molecule has 0 aromatic heterocycles. The number of carbonyl (C=O) groups is 2. The van der Waals surface area contributed by atoms with E-state index in [4.69, 9.17) is 14.2 Å². The van der Waals surface area contributed by atoms with Gasteiger partial charge in [0.1, 0.15) is 11.5 Å². The van der Waals surface area contributed by atoms with Gasteiger partial charge in [-0.3, -0.25) is 9.59 Å². The summed E-state index contributed by atoms with van der Waals surface area (Å²) in [4.78, 5) is 25.4. The second kappa shape index (κ2) is 9.60. The number of carbonyl (C=O) groups excluding carboxylic acids is 2. The summed E-state index contributed by atoms with van der Waals surface area (Å²) < 4.78 is 15.1. The van der Waals surface area contributed by atoms with E-state index >= 15 is 0 Å². The van der Waals surface area contributed by atoms with Crippen LogP contribution in [0.25, 0.3) is 6.08 Å². The molecule has 0 aliphatic carbocycles. The van der Waals surface area contributed by atoms with E-state index in [9.17, 15) is 9.59 Å². The Bertz CT molecular complexity index is 597. The van der Waals surface area contributed by atoms with Gasteiger partial charge < -0.3 is 19.1 Å². The smallest absolute Gasteiger partial charge is 0.310 e. The Morgan fingerprint density at radius 2 is 1.92 bits per heavy atom. The second-order valence-electron chi connectivity index (χ2n) is 5.24. The monoisotopic (exact) mass is 335 g/mol. The van der Waals surface area contributed by atoms with Crippen molar-refractivity contribution in [1.29, 1.82) is 0 Å². The molecular formula is C18H25NO5. The fourth-order valence-corrected chi connectivity index (χ4v) is 2.20. The van der Waals surface area contributed by atoms with Crippen molar-refractivity contribution in [2.75, 3.05) is 34.4 Å². The van der Waals surface area contributed by atoms with Gasteiger partial charge >= 0.3 is 5.97 Å². The molecule has 0 aliphatic heterocycles. The molecule has 1 aromatic rings. The van der Waals surface area contributed by atoms with Crippen molar-refractivity contribution in [3.05, 3.63) is 29.8 Å². The molecule has 6 nitrogen and oxygen atoms in total. The number of benzene rings is 1. The zero-order valence-corrected chi connectivity index (χ0v) is 14.9. The van der Waals surface area contributed by atoms with Gasteiger partial charge in [0.15, 0.2) is 0 Å². The molecule has 0 saturated heterocycles. The molecule has 0 saturated carbocycles. The molecule has 0 unspecified atom stereocenters. The number of hydrogen-bond acceptors (Lipinski definition) is 5. The third-order valence-electron chi connectivity index (χ3n) is 3.64. The van der Waals surface area contributed by atoms with Gasteiger partial charge in [0.2, 0.25) is 5.91 Å². The lowest BCUT2D eigenvalue weighted by Gasteiger charge is -2.22. The van der Waals surface area contributed by atoms with E-state index in [1.807, 2.05) is 13.0 Å². The number of rotatable bonds is 8. The minimum atomic E-state index is -0.372. The Hall–Kier alpha value is -2.50. The maximum absolute atomic E-state index is 12.3. The van der Waals surface area contributed by atoms with Crippen LogP contribution >= 0.6 is 0 Å². The summed E-state index contributed by atoms with van der Waals surface area (Å²) in [6.45, 7) is 4.41. The summed E-state index contributed by atoms with van der Waals surface area (Å²) in [6, 6.07) is 5.36. The van der Waals surface area contributed by atoms with Crippen LogP contribution < -0.4 is 9.47 Å². The van der Waals surface area contributed by atoms with Crippen LogP contribution in [0.15, 0.2) is 24.3 Å². The lowest BCUT2D eigenvalue weighted by Crippen LogP contribution is -2.36. The first-order valence-electron chi connectivity index (χ1n) is 7.73. The molecule has 0 N–H and O–H groups in total. The van der Waals surface area contributed by atoms with Crippen LogP contribution in [-0.4, -0.2) is 51.2 Å². The molecule has 132 valence electrons. The Kier molecular flexibility index (Phi) is 7.82. The highest BCUT2D eigenvalue weighted by Crippen LogP contribution is 2.25. The highest BCUT2D eigenvalue weighted by atomic mass is 16.5. The Morgan fingerprint density at radius 3 is 2.46 bits per heavy atom. The van der Waals surface area contributed by atoms with Gasteiger partial charge in [-0.15, -0.1) is 0 Å². The summed E-state index contributed by atoms with van der Waals surface area (Å²) >= 11 is 0. The third-order valence-corrected chi connectivity index (χ3v) is 3.64. The zero-order valence-electron chi connectivity index (χ0n) is 14.9. The molecule has 24 heavy (non-hydrogen) atoms. The van der Waals surface area contributed by atoms with Crippen molar-refractivity contribution in [3.8, 4) is 11.5 Å². The number of esters is 1. The molecule has 0 aliphatic rings. The zero-order chi connectivity index (χ0) is 18.1. The van der Waals surface area contributed by atoms with E-state index in [2.05, 4.69) is 0 Å². The summed E-state index contributed by atoms with van der Waals surface area (Å²) in [5.74, 6) is 0.415. The SMILES string of the molecule is CCN(C[C@@H](C)C(=O)OC)C(=O)/C=C/c1ccc(OC)cc1OC. The van der Waals surface area contributed by atoms with E-state index in [1.165, 1.54) is 13.2 Å². The van der Waals surface area contributed by atoms with Gasteiger partial charge in [-0.05, 0) is 25.1 Å². The molecular weight excluding hydrogens is 310 g/mol. The topological polar surface area (TPSA) is 65.1 Å². The van der Waals surface area contributed by atoms with Gasteiger partial charge in [-0.2, -0.15) is 0 Å². The first-order chi connectivity index (χ1) is 11.5. The molecule has 6 heteroatoms. The molecule has 0 radical (unpaired) electrons. The van der Waals surface area contributed by atoms with Crippen LogP contribution in [0.2, 0.25) is 0 Å². The Morgan fingerprint density at radius 1 is 1.21 bits per heavy atom.